The molecular weight excluding hydrogens is 172 g/mol. The van der Waals surface area contributed by atoms with Crippen LogP contribution in [-0.2, 0) is 0 Å². The normalized spacial score (nSPS) is 21.2. The highest BCUT2D eigenvalue weighted by Crippen LogP contribution is 2.34. The minimum atomic E-state index is 0.411. The fraction of sp³-hybridized carbons (Fsp3) is 1.00. The third-order valence-corrected chi connectivity index (χ3v) is 3.51. The number of nitrogens with zero attached hydrogens (tertiary/aromatic N) is 1. The molecule has 14 heavy (non-hydrogen) atoms. The first-order valence-electron chi connectivity index (χ1n) is 6.11. The molecule has 0 aromatic carbocycles. The van der Waals surface area contributed by atoms with Crippen LogP contribution in [0.5, 0.6) is 0 Å². The molecule has 1 fully saturated rings. The van der Waals surface area contributed by atoms with Crippen LogP contribution >= 0.6 is 0 Å². The van der Waals surface area contributed by atoms with Crippen LogP contribution < -0.4 is 5.73 Å². The molecule has 1 aliphatic carbocycles. The Morgan fingerprint density at radius 2 is 2.00 bits per heavy atom. The van der Waals surface area contributed by atoms with Gasteiger partial charge in [0, 0.05) is 12.1 Å². The predicted molar refractivity (Wildman–Crippen MR) is 62.3 cm³/mol. The van der Waals surface area contributed by atoms with Gasteiger partial charge in [0.25, 0.3) is 0 Å². The van der Waals surface area contributed by atoms with Gasteiger partial charge in [-0.05, 0) is 52.1 Å². The summed E-state index contributed by atoms with van der Waals surface area (Å²) in [5.41, 5.74) is 6.00. The van der Waals surface area contributed by atoms with E-state index in [2.05, 4.69) is 25.8 Å². The Balaban J connectivity index is 2.09. The van der Waals surface area contributed by atoms with Gasteiger partial charge < -0.3 is 10.6 Å². The van der Waals surface area contributed by atoms with Gasteiger partial charge >= 0.3 is 0 Å². The minimum Gasteiger partial charge on any atom is -0.328 e. The summed E-state index contributed by atoms with van der Waals surface area (Å²) in [6.45, 7) is 5.72. The van der Waals surface area contributed by atoms with Crippen molar-refractivity contribution in [3.8, 4) is 0 Å². The molecule has 0 aromatic heterocycles. The van der Waals surface area contributed by atoms with Gasteiger partial charge in [-0.3, -0.25) is 0 Å². The molecule has 1 aliphatic rings. The molecule has 0 spiro atoms. The second kappa shape index (κ2) is 5.72. The summed E-state index contributed by atoms with van der Waals surface area (Å²) in [5, 5.41) is 0. The highest BCUT2D eigenvalue weighted by Gasteiger charge is 2.30. The Bertz CT molecular complexity index is 154. The average Bonchev–Trinajstić information content (AvgIpc) is 2.96. The first kappa shape index (κ1) is 12.0. The molecule has 0 aromatic rings. The third kappa shape index (κ3) is 3.97. The number of hydrogen-bond donors (Lipinski definition) is 1. The summed E-state index contributed by atoms with van der Waals surface area (Å²) < 4.78 is 0. The van der Waals surface area contributed by atoms with Crippen LogP contribution in [0.2, 0.25) is 0 Å². The van der Waals surface area contributed by atoms with E-state index in [4.69, 9.17) is 5.73 Å². The molecule has 0 aliphatic heterocycles. The second-order valence-corrected chi connectivity index (χ2v) is 4.90. The smallest absolute Gasteiger partial charge is 0.00921 e. The maximum absolute atomic E-state index is 6.00. The standard InChI is InChI=1S/C12H26N2/c1-4-5-12(13)8-9-14(3)10(2)11-6-7-11/h10-12H,4-9,13H2,1-3H3. The highest BCUT2D eigenvalue weighted by molar-refractivity contribution is 4.84. The Morgan fingerprint density at radius 3 is 2.50 bits per heavy atom. The molecule has 1 saturated carbocycles. The number of nitrogens with two attached hydrogens (primary N) is 1. The van der Waals surface area contributed by atoms with Crippen molar-refractivity contribution < 1.29 is 0 Å². The molecule has 0 radical (unpaired) electrons. The average molecular weight is 198 g/mol. The molecule has 0 saturated heterocycles. The van der Waals surface area contributed by atoms with Crippen LogP contribution in [0.4, 0.5) is 0 Å². The summed E-state index contributed by atoms with van der Waals surface area (Å²) in [6.07, 6.45) is 6.41. The van der Waals surface area contributed by atoms with E-state index in [1.165, 1.54) is 32.2 Å². The van der Waals surface area contributed by atoms with E-state index in [0.29, 0.717) is 6.04 Å². The molecular formula is C12H26N2. The van der Waals surface area contributed by atoms with Crippen molar-refractivity contribution in [2.24, 2.45) is 11.7 Å². The summed E-state index contributed by atoms with van der Waals surface area (Å²) in [4.78, 5) is 2.48. The lowest BCUT2D eigenvalue weighted by atomic mass is 10.1. The SMILES string of the molecule is CCCC(N)CCN(C)C(C)C1CC1. The Kier molecular flexibility index (Phi) is 4.90. The third-order valence-electron chi connectivity index (χ3n) is 3.51. The Morgan fingerprint density at radius 1 is 1.36 bits per heavy atom. The van der Waals surface area contributed by atoms with E-state index in [1.807, 2.05) is 0 Å². The molecule has 2 atom stereocenters. The van der Waals surface area contributed by atoms with E-state index in [9.17, 15) is 0 Å². The summed E-state index contributed by atoms with van der Waals surface area (Å²) in [5.74, 6) is 0.974. The van der Waals surface area contributed by atoms with E-state index in [0.717, 1.165) is 18.4 Å². The van der Waals surface area contributed by atoms with E-state index < -0.39 is 0 Å². The van der Waals surface area contributed by atoms with Gasteiger partial charge in [-0.2, -0.15) is 0 Å². The molecule has 2 N–H and O–H groups in total. The zero-order chi connectivity index (χ0) is 10.6. The first-order valence-corrected chi connectivity index (χ1v) is 6.11. The molecule has 84 valence electrons. The van der Waals surface area contributed by atoms with Crippen LogP contribution in [0.15, 0.2) is 0 Å². The summed E-state index contributed by atoms with van der Waals surface area (Å²) >= 11 is 0. The molecule has 2 nitrogen and oxygen atoms in total. The zero-order valence-electron chi connectivity index (χ0n) is 10.00. The molecule has 0 bridgehead atoms. The molecule has 0 heterocycles. The molecule has 2 heteroatoms. The maximum Gasteiger partial charge on any atom is 0.00921 e. The van der Waals surface area contributed by atoms with Crippen LogP contribution in [0.1, 0.15) is 46.0 Å². The lowest BCUT2D eigenvalue weighted by molar-refractivity contribution is 0.225. The van der Waals surface area contributed by atoms with Crippen LogP contribution in [-0.4, -0.2) is 30.6 Å². The lowest BCUT2D eigenvalue weighted by Gasteiger charge is -2.25. The fourth-order valence-corrected chi connectivity index (χ4v) is 2.03. The number of hydrogen-bond acceptors (Lipinski definition) is 2. The predicted octanol–water partition coefficient (Wildman–Crippen LogP) is 2.23. The minimum absolute atomic E-state index is 0.411. The van der Waals surface area contributed by atoms with Crippen molar-refractivity contribution in [1.82, 2.24) is 4.90 Å². The van der Waals surface area contributed by atoms with Crippen molar-refractivity contribution in [2.45, 2.75) is 58.0 Å². The largest absolute Gasteiger partial charge is 0.328 e. The van der Waals surface area contributed by atoms with Gasteiger partial charge in [0.15, 0.2) is 0 Å². The zero-order valence-corrected chi connectivity index (χ0v) is 10.00. The van der Waals surface area contributed by atoms with Gasteiger partial charge in [0.05, 0.1) is 0 Å². The van der Waals surface area contributed by atoms with Crippen LogP contribution in [0.3, 0.4) is 0 Å². The van der Waals surface area contributed by atoms with E-state index in [-0.39, 0.29) is 0 Å². The summed E-state index contributed by atoms with van der Waals surface area (Å²) in [7, 11) is 2.24. The Hall–Kier alpha value is -0.0800. The molecule has 0 amide bonds. The lowest BCUT2D eigenvalue weighted by Crippen LogP contribution is -2.34. The Labute approximate surface area is 88.8 Å². The second-order valence-electron chi connectivity index (χ2n) is 4.90. The van der Waals surface area contributed by atoms with Crippen molar-refractivity contribution >= 4 is 0 Å². The van der Waals surface area contributed by atoms with Gasteiger partial charge in [-0.1, -0.05) is 13.3 Å². The van der Waals surface area contributed by atoms with E-state index >= 15 is 0 Å². The van der Waals surface area contributed by atoms with Gasteiger partial charge in [0.1, 0.15) is 0 Å². The van der Waals surface area contributed by atoms with Gasteiger partial charge in [0.2, 0.25) is 0 Å². The van der Waals surface area contributed by atoms with Crippen molar-refractivity contribution in [2.75, 3.05) is 13.6 Å². The first-order chi connectivity index (χ1) is 6.65. The summed E-state index contributed by atoms with van der Waals surface area (Å²) in [6, 6.07) is 1.18. The highest BCUT2D eigenvalue weighted by atomic mass is 15.1. The molecule has 1 rings (SSSR count). The number of rotatable bonds is 7. The topological polar surface area (TPSA) is 29.3 Å². The van der Waals surface area contributed by atoms with Crippen LogP contribution in [0.25, 0.3) is 0 Å². The van der Waals surface area contributed by atoms with Gasteiger partial charge in [-0.25, -0.2) is 0 Å². The van der Waals surface area contributed by atoms with Gasteiger partial charge in [-0.15, -0.1) is 0 Å². The van der Waals surface area contributed by atoms with Crippen molar-refractivity contribution in [3.05, 3.63) is 0 Å². The quantitative estimate of drug-likeness (QED) is 0.680. The fourth-order valence-electron chi connectivity index (χ4n) is 2.03. The maximum atomic E-state index is 6.00. The van der Waals surface area contributed by atoms with Crippen molar-refractivity contribution in [1.29, 1.82) is 0 Å². The van der Waals surface area contributed by atoms with E-state index in [1.54, 1.807) is 0 Å². The van der Waals surface area contributed by atoms with Crippen LogP contribution in [0, 0.1) is 5.92 Å². The monoisotopic (exact) mass is 198 g/mol. The molecule has 2 unspecified atom stereocenters. The van der Waals surface area contributed by atoms with Crippen molar-refractivity contribution in [3.63, 3.8) is 0 Å².